The van der Waals surface area contributed by atoms with Crippen LogP contribution < -0.4 is 24.6 Å². The van der Waals surface area contributed by atoms with Crippen molar-refractivity contribution in [2.45, 2.75) is 13.8 Å². The van der Waals surface area contributed by atoms with Gasteiger partial charge in [-0.05, 0) is 61.9 Å². The second kappa shape index (κ2) is 10.6. The lowest BCUT2D eigenvalue weighted by atomic mass is 10.1. The molecule has 7 heteroatoms. The molecule has 0 bridgehead atoms. The minimum Gasteiger partial charge on any atom is -0.490 e. The largest absolute Gasteiger partial charge is 0.490 e. The number of nitrogens with one attached hydrogen (secondary N) is 1. The van der Waals surface area contributed by atoms with E-state index in [1.165, 1.54) is 10.6 Å². The van der Waals surface area contributed by atoms with E-state index >= 15 is 0 Å². The third kappa shape index (κ3) is 5.38. The van der Waals surface area contributed by atoms with Crippen molar-refractivity contribution < 1.29 is 23.8 Å². The molecule has 3 aromatic carbocycles. The molecule has 1 N–H and O–H groups in total. The molecule has 3 aromatic rings. The predicted molar refractivity (Wildman–Crippen MR) is 130 cm³/mol. The number of amides is 2. The Morgan fingerprint density at radius 3 is 2.32 bits per heavy atom. The molecule has 34 heavy (non-hydrogen) atoms. The van der Waals surface area contributed by atoms with Gasteiger partial charge in [0.1, 0.15) is 24.5 Å². The lowest BCUT2D eigenvalue weighted by molar-refractivity contribution is -0.117. The third-order valence-electron chi connectivity index (χ3n) is 5.12. The van der Waals surface area contributed by atoms with Gasteiger partial charge in [-0.25, -0.2) is 5.01 Å². The SMILES string of the molecule is CCOc1cc(/C=C2\C(=O)NN(c3ccccc3)C2=O)ccc1OCCOc1ccc(C)cc1. The highest BCUT2D eigenvalue weighted by molar-refractivity contribution is 6.31. The molecule has 1 heterocycles. The van der Waals surface area contributed by atoms with E-state index in [4.69, 9.17) is 14.2 Å². The maximum Gasteiger partial charge on any atom is 0.282 e. The fraction of sp³-hybridized carbons (Fsp3) is 0.185. The fourth-order valence-corrected chi connectivity index (χ4v) is 3.43. The van der Waals surface area contributed by atoms with E-state index in [0.29, 0.717) is 42.6 Å². The summed E-state index contributed by atoms with van der Waals surface area (Å²) >= 11 is 0. The van der Waals surface area contributed by atoms with Crippen LogP contribution in [0.4, 0.5) is 5.69 Å². The van der Waals surface area contributed by atoms with E-state index in [-0.39, 0.29) is 5.57 Å². The molecule has 2 amide bonds. The molecule has 0 spiro atoms. The third-order valence-corrected chi connectivity index (χ3v) is 5.12. The molecule has 1 fully saturated rings. The molecule has 0 radical (unpaired) electrons. The summed E-state index contributed by atoms with van der Waals surface area (Å²) < 4.78 is 17.3. The summed E-state index contributed by atoms with van der Waals surface area (Å²) in [5, 5.41) is 1.24. The molecule has 0 saturated carbocycles. The molecule has 7 nitrogen and oxygen atoms in total. The molecule has 1 aliphatic heterocycles. The van der Waals surface area contributed by atoms with Crippen LogP contribution in [0.25, 0.3) is 6.08 Å². The summed E-state index contributed by atoms with van der Waals surface area (Å²) in [4.78, 5) is 25.3. The summed E-state index contributed by atoms with van der Waals surface area (Å²) in [5.41, 5.74) is 5.06. The predicted octanol–water partition coefficient (Wildman–Crippen LogP) is 4.31. The molecule has 4 rings (SSSR count). The fourth-order valence-electron chi connectivity index (χ4n) is 3.43. The number of nitrogens with zero attached hydrogens (tertiary/aromatic N) is 1. The normalized spacial score (nSPS) is 14.3. The monoisotopic (exact) mass is 458 g/mol. The van der Waals surface area contributed by atoms with E-state index in [2.05, 4.69) is 5.43 Å². The van der Waals surface area contributed by atoms with Crippen molar-refractivity contribution in [1.82, 2.24) is 5.43 Å². The average molecular weight is 459 g/mol. The molecule has 0 unspecified atom stereocenters. The number of carbonyl (C=O) groups is 2. The van der Waals surface area contributed by atoms with E-state index in [1.54, 1.807) is 48.5 Å². The molecular formula is C27H26N2O5. The number of hydrogen-bond donors (Lipinski definition) is 1. The summed E-state index contributed by atoms with van der Waals surface area (Å²) in [6.45, 7) is 5.06. The van der Waals surface area contributed by atoms with E-state index in [9.17, 15) is 9.59 Å². The summed E-state index contributed by atoms with van der Waals surface area (Å²) in [5.74, 6) is 0.996. The Hall–Kier alpha value is -4.26. The second-order valence-corrected chi connectivity index (χ2v) is 7.62. The van der Waals surface area contributed by atoms with Gasteiger partial charge in [-0.3, -0.25) is 15.0 Å². The highest BCUT2D eigenvalue weighted by atomic mass is 16.5. The van der Waals surface area contributed by atoms with Gasteiger partial charge < -0.3 is 14.2 Å². The Kier molecular flexibility index (Phi) is 7.13. The van der Waals surface area contributed by atoms with Crippen molar-refractivity contribution in [3.8, 4) is 17.2 Å². The van der Waals surface area contributed by atoms with Gasteiger partial charge in [0.2, 0.25) is 0 Å². The van der Waals surface area contributed by atoms with Crippen LogP contribution in [0.3, 0.4) is 0 Å². The Labute approximate surface area is 198 Å². The number of carbonyl (C=O) groups excluding carboxylic acids is 2. The van der Waals surface area contributed by atoms with Crippen LogP contribution >= 0.6 is 0 Å². The number of para-hydroxylation sites is 1. The van der Waals surface area contributed by atoms with Gasteiger partial charge in [0, 0.05) is 0 Å². The van der Waals surface area contributed by atoms with Gasteiger partial charge in [0.15, 0.2) is 11.5 Å². The molecule has 0 atom stereocenters. The number of ether oxygens (including phenoxy) is 3. The minimum atomic E-state index is -0.458. The van der Waals surface area contributed by atoms with Crippen LogP contribution in [-0.2, 0) is 9.59 Å². The zero-order chi connectivity index (χ0) is 23.9. The Balaban J connectivity index is 1.44. The van der Waals surface area contributed by atoms with Gasteiger partial charge in [-0.1, -0.05) is 42.0 Å². The maximum absolute atomic E-state index is 12.8. The van der Waals surface area contributed by atoms with Crippen LogP contribution in [-0.4, -0.2) is 31.6 Å². The summed E-state index contributed by atoms with van der Waals surface area (Å²) in [7, 11) is 0. The van der Waals surface area contributed by atoms with E-state index in [0.717, 1.165) is 5.75 Å². The first-order chi connectivity index (χ1) is 16.5. The molecule has 174 valence electrons. The number of hydrogen-bond acceptors (Lipinski definition) is 5. The first-order valence-corrected chi connectivity index (χ1v) is 11.1. The van der Waals surface area contributed by atoms with Gasteiger partial charge in [-0.2, -0.15) is 0 Å². The smallest absolute Gasteiger partial charge is 0.282 e. The first kappa shape index (κ1) is 22.9. The quantitative estimate of drug-likeness (QED) is 0.294. The van der Waals surface area contributed by atoms with Crippen LogP contribution in [0.15, 0.2) is 78.4 Å². The number of anilines is 1. The van der Waals surface area contributed by atoms with Crippen molar-refractivity contribution in [2.24, 2.45) is 0 Å². The van der Waals surface area contributed by atoms with Crippen molar-refractivity contribution in [3.63, 3.8) is 0 Å². The zero-order valence-corrected chi connectivity index (χ0v) is 19.1. The zero-order valence-electron chi connectivity index (χ0n) is 19.1. The Morgan fingerprint density at radius 1 is 0.853 bits per heavy atom. The maximum atomic E-state index is 12.8. The molecular weight excluding hydrogens is 432 g/mol. The standard InChI is InChI=1S/C27H26N2O5/c1-3-32-25-18-20(11-14-24(25)34-16-15-33-22-12-9-19(2)10-13-22)17-23-26(30)28-29(27(23)31)21-7-5-4-6-8-21/h4-14,17-18H,3,15-16H2,1-2H3,(H,28,30)/b23-17+. The van der Waals surface area contributed by atoms with Crippen molar-refractivity contribution in [3.05, 3.63) is 89.5 Å². The van der Waals surface area contributed by atoms with Crippen molar-refractivity contribution in [2.75, 3.05) is 24.8 Å². The number of hydrazine groups is 1. The Bertz CT molecular complexity index is 1190. The average Bonchev–Trinajstić information content (AvgIpc) is 3.13. The molecule has 1 saturated heterocycles. The van der Waals surface area contributed by atoms with Gasteiger partial charge in [0.25, 0.3) is 11.8 Å². The lowest BCUT2D eigenvalue weighted by Crippen LogP contribution is -2.35. The molecule has 0 aliphatic carbocycles. The van der Waals surface area contributed by atoms with Gasteiger partial charge in [-0.15, -0.1) is 0 Å². The number of rotatable bonds is 9. The summed E-state index contributed by atoms with van der Waals surface area (Å²) in [6.07, 6.45) is 1.55. The van der Waals surface area contributed by atoms with Crippen molar-refractivity contribution >= 4 is 23.6 Å². The van der Waals surface area contributed by atoms with Crippen LogP contribution in [0.2, 0.25) is 0 Å². The lowest BCUT2D eigenvalue weighted by Gasteiger charge is -2.14. The van der Waals surface area contributed by atoms with Crippen molar-refractivity contribution in [1.29, 1.82) is 0 Å². The van der Waals surface area contributed by atoms with Crippen LogP contribution in [0.5, 0.6) is 17.2 Å². The molecule has 1 aliphatic rings. The number of benzene rings is 3. The number of aryl methyl sites for hydroxylation is 1. The van der Waals surface area contributed by atoms with Gasteiger partial charge >= 0.3 is 0 Å². The topological polar surface area (TPSA) is 77.1 Å². The molecule has 0 aromatic heterocycles. The summed E-state index contributed by atoms with van der Waals surface area (Å²) in [6, 6.07) is 22.1. The van der Waals surface area contributed by atoms with Crippen LogP contribution in [0, 0.1) is 6.92 Å². The van der Waals surface area contributed by atoms with Crippen LogP contribution in [0.1, 0.15) is 18.1 Å². The second-order valence-electron chi connectivity index (χ2n) is 7.62. The Morgan fingerprint density at radius 2 is 1.59 bits per heavy atom. The highest BCUT2D eigenvalue weighted by Crippen LogP contribution is 2.30. The van der Waals surface area contributed by atoms with Gasteiger partial charge in [0.05, 0.1) is 12.3 Å². The minimum absolute atomic E-state index is 0.0477. The van der Waals surface area contributed by atoms with E-state index < -0.39 is 11.8 Å². The highest BCUT2D eigenvalue weighted by Gasteiger charge is 2.34. The van der Waals surface area contributed by atoms with E-state index in [1.807, 2.05) is 44.2 Å². The first-order valence-electron chi connectivity index (χ1n) is 11.1.